The molecule has 0 amide bonds. The Hall–Kier alpha value is -4.14. The average Bonchev–Trinajstić information content (AvgIpc) is 3.08. The van der Waals surface area contributed by atoms with E-state index in [4.69, 9.17) is 28.1 Å². The van der Waals surface area contributed by atoms with E-state index in [0.29, 0.717) is 0 Å². The highest BCUT2D eigenvalue weighted by Crippen LogP contribution is 2.46. The third-order valence-electron chi connectivity index (χ3n) is 9.39. The number of nitro groups is 1. The van der Waals surface area contributed by atoms with Crippen molar-refractivity contribution in [2.45, 2.75) is 83.1 Å². The Balaban J connectivity index is 1.69. The smallest absolute Gasteiger partial charge is 0.344 e. The highest BCUT2D eigenvalue weighted by Gasteiger charge is 2.55. The van der Waals surface area contributed by atoms with E-state index in [0.717, 1.165) is 5.56 Å². The minimum Gasteiger partial charge on any atom is -0.482 e. The fourth-order valence-electron chi connectivity index (χ4n) is 5.24. The normalized spacial score (nSPS) is 21.2. The van der Waals surface area contributed by atoms with E-state index in [1.807, 2.05) is 43.4 Å². The van der Waals surface area contributed by atoms with Gasteiger partial charge in [-0.25, -0.2) is 9.59 Å². The Morgan fingerprint density at radius 1 is 0.918 bits per heavy atom. The molecule has 13 heteroatoms. The molecule has 1 heterocycles. The molecule has 1 fully saturated rings. The van der Waals surface area contributed by atoms with Crippen LogP contribution in [0.3, 0.4) is 0 Å². The molecule has 0 unspecified atom stereocenters. The number of hydrogen-bond acceptors (Lipinski definition) is 11. The first-order valence-corrected chi connectivity index (χ1v) is 19.1. The van der Waals surface area contributed by atoms with Crippen molar-refractivity contribution >= 4 is 25.9 Å². The average molecular weight is 696 g/mol. The number of esters is 2. The van der Waals surface area contributed by atoms with Crippen LogP contribution in [-0.4, -0.2) is 74.2 Å². The van der Waals surface area contributed by atoms with Crippen LogP contribution >= 0.6 is 0 Å². The van der Waals surface area contributed by atoms with Crippen molar-refractivity contribution in [3.8, 4) is 5.75 Å². The van der Waals surface area contributed by atoms with E-state index < -0.39 is 69.1 Å². The number of benzene rings is 3. The van der Waals surface area contributed by atoms with E-state index in [9.17, 15) is 24.8 Å². The van der Waals surface area contributed by atoms with Crippen molar-refractivity contribution in [3.63, 3.8) is 0 Å². The van der Waals surface area contributed by atoms with Gasteiger partial charge in [0.15, 0.2) is 33.4 Å². The Morgan fingerprint density at radius 2 is 1.53 bits per heavy atom. The zero-order valence-corrected chi connectivity index (χ0v) is 29.6. The van der Waals surface area contributed by atoms with Crippen LogP contribution in [0, 0.1) is 16.0 Å². The third-order valence-corrected chi connectivity index (χ3v) is 13.9. The molecule has 0 radical (unpaired) electrons. The molecule has 49 heavy (non-hydrogen) atoms. The zero-order chi connectivity index (χ0) is 35.8. The van der Waals surface area contributed by atoms with E-state index in [1.165, 1.54) is 24.3 Å². The van der Waals surface area contributed by atoms with Gasteiger partial charge in [0.05, 0.1) is 23.7 Å². The van der Waals surface area contributed by atoms with E-state index in [2.05, 4.69) is 27.7 Å². The van der Waals surface area contributed by atoms with Gasteiger partial charge < -0.3 is 33.2 Å². The molecule has 264 valence electrons. The summed E-state index contributed by atoms with van der Waals surface area (Å²) < 4.78 is 37.1. The van der Waals surface area contributed by atoms with Crippen molar-refractivity contribution < 1.29 is 47.7 Å². The Kier molecular flexibility index (Phi) is 12.7. The minimum absolute atomic E-state index is 0.0736. The summed E-state index contributed by atoms with van der Waals surface area (Å²) in [5, 5.41) is 21.3. The molecule has 1 aliphatic rings. The van der Waals surface area contributed by atoms with Gasteiger partial charge in [-0.1, -0.05) is 76.2 Å². The van der Waals surface area contributed by atoms with Gasteiger partial charge in [0.1, 0.15) is 18.0 Å². The number of carbonyl (C=O) groups excluding carboxylic acids is 2. The first-order valence-electron chi connectivity index (χ1n) is 16.2. The summed E-state index contributed by atoms with van der Waals surface area (Å²) >= 11 is 0. The fraction of sp³-hybridized carbons (Fsp3) is 0.444. The molecular weight excluding hydrogens is 650 g/mol. The number of aliphatic hydroxyl groups excluding tert-OH is 1. The number of rotatable bonds is 15. The largest absolute Gasteiger partial charge is 0.482 e. The number of nitrogens with zero attached hydrogens (tertiary/aromatic N) is 1. The molecule has 0 saturated carbocycles. The molecular formula is C36H45NO11Si. The Labute approximate surface area is 287 Å². The Morgan fingerprint density at radius 3 is 2.10 bits per heavy atom. The predicted molar refractivity (Wildman–Crippen MR) is 182 cm³/mol. The Bertz CT molecular complexity index is 1530. The molecule has 3 aromatic carbocycles. The van der Waals surface area contributed by atoms with Crippen molar-refractivity contribution in [1.82, 2.24) is 0 Å². The molecule has 1 N–H and O–H groups in total. The van der Waals surface area contributed by atoms with Gasteiger partial charge in [-0.2, -0.15) is 0 Å². The van der Waals surface area contributed by atoms with Crippen molar-refractivity contribution in [2.24, 2.45) is 5.92 Å². The monoisotopic (exact) mass is 695 g/mol. The summed E-state index contributed by atoms with van der Waals surface area (Å²) in [6.45, 7) is 11.5. The zero-order valence-electron chi connectivity index (χ0n) is 28.6. The van der Waals surface area contributed by atoms with Gasteiger partial charge in [-0.3, -0.25) is 10.1 Å². The quantitative estimate of drug-likeness (QED) is 0.0853. The summed E-state index contributed by atoms with van der Waals surface area (Å²) in [6.07, 6.45) is -5.96. The number of aliphatic hydroxyl groups is 1. The SMILES string of the molecule is CC(C)C(C)(C)[Si](C)(C)O[C@@H]1O[C@H](CO)[C@H](OCc2ccccc2)[C@H](OC(=O)COc2ccc([N+](=O)[O-])cc2)[C@H]1OC(=O)c1ccccc1. The van der Waals surface area contributed by atoms with E-state index >= 15 is 0 Å². The number of carbonyl (C=O) groups is 2. The van der Waals surface area contributed by atoms with Gasteiger partial charge in [0, 0.05) is 12.1 Å². The molecule has 0 bridgehead atoms. The van der Waals surface area contributed by atoms with Gasteiger partial charge >= 0.3 is 11.9 Å². The van der Waals surface area contributed by atoms with Crippen LogP contribution in [0.4, 0.5) is 5.69 Å². The topological polar surface area (TPSA) is 153 Å². The van der Waals surface area contributed by atoms with Crippen molar-refractivity contribution in [1.29, 1.82) is 0 Å². The predicted octanol–water partition coefficient (Wildman–Crippen LogP) is 6.07. The molecule has 12 nitrogen and oxygen atoms in total. The lowest BCUT2D eigenvalue weighted by Gasteiger charge is -2.49. The van der Waals surface area contributed by atoms with Crippen LogP contribution in [0.15, 0.2) is 84.9 Å². The maximum atomic E-state index is 13.6. The maximum Gasteiger partial charge on any atom is 0.344 e. The standard InChI is InChI=1S/C36H45NO11Si/c1-24(2)36(3,4)49(5,6)48-35-33(47-34(40)26-15-11-8-12-16-26)32(31(29(21-38)45-35)44-22-25-13-9-7-10-14-25)46-30(39)23-43-28-19-17-27(18-20-28)37(41)42/h7-20,24,29,31-33,35,38H,21-23H2,1-6H3/t29-,31+,32+,33-,35+/m1/s1. The molecule has 5 atom stereocenters. The van der Waals surface area contributed by atoms with E-state index in [-0.39, 0.29) is 34.6 Å². The lowest BCUT2D eigenvalue weighted by Crippen LogP contribution is -2.65. The highest BCUT2D eigenvalue weighted by atomic mass is 28.4. The second kappa shape index (κ2) is 16.5. The van der Waals surface area contributed by atoms with Crippen LogP contribution in [0.5, 0.6) is 5.75 Å². The highest BCUT2D eigenvalue weighted by molar-refractivity contribution is 6.74. The minimum atomic E-state index is -2.68. The van der Waals surface area contributed by atoms with Crippen LogP contribution in [0.25, 0.3) is 0 Å². The number of hydrogen-bond donors (Lipinski definition) is 1. The molecule has 4 rings (SSSR count). The van der Waals surface area contributed by atoms with Crippen molar-refractivity contribution in [3.05, 3.63) is 106 Å². The molecule has 3 aromatic rings. The summed E-state index contributed by atoms with van der Waals surface area (Å²) in [4.78, 5) is 37.5. The third kappa shape index (κ3) is 9.52. The van der Waals surface area contributed by atoms with Crippen LogP contribution in [-0.2, 0) is 34.8 Å². The van der Waals surface area contributed by atoms with Crippen LogP contribution in [0.2, 0.25) is 18.1 Å². The molecule has 0 aliphatic carbocycles. The number of nitro benzene ring substituents is 1. The van der Waals surface area contributed by atoms with Crippen LogP contribution < -0.4 is 4.74 Å². The number of ether oxygens (including phenoxy) is 5. The van der Waals surface area contributed by atoms with Gasteiger partial charge in [-0.15, -0.1) is 0 Å². The summed E-state index contributed by atoms with van der Waals surface area (Å²) in [6, 6.07) is 22.9. The summed E-state index contributed by atoms with van der Waals surface area (Å²) in [7, 11) is -2.68. The fourth-order valence-corrected chi connectivity index (χ4v) is 7.71. The first kappa shape index (κ1) is 37.7. The van der Waals surface area contributed by atoms with Gasteiger partial charge in [0.25, 0.3) is 5.69 Å². The second-order valence-corrected chi connectivity index (χ2v) is 17.8. The lowest BCUT2D eigenvalue weighted by atomic mass is 9.98. The first-order chi connectivity index (χ1) is 23.2. The summed E-state index contributed by atoms with van der Waals surface area (Å²) in [5.74, 6) is -1.10. The van der Waals surface area contributed by atoms with E-state index in [1.54, 1.807) is 30.3 Å². The van der Waals surface area contributed by atoms with Crippen molar-refractivity contribution in [2.75, 3.05) is 13.2 Å². The lowest BCUT2D eigenvalue weighted by molar-refractivity contribution is -0.384. The second-order valence-electron chi connectivity index (χ2n) is 13.2. The van der Waals surface area contributed by atoms with Gasteiger partial charge in [-0.05, 0) is 53.9 Å². The molecule has 0 aromatic heterocycles. The molecule has 0 spiro atoms. The number of non-ortho nitro benzene ring substituents is 1. The van der Waals surface area contributed by atoms with Gasteiger partial charge in [0.2, 0.25) is 0 Å². The summed E-state index contributed by atoms with van der Waals surface area (Å²) in [5.41, 5.74) is 0.943. The van der Waals surface area contributed by atoms with Crippen LogP contribution in [0.1, 0.15) is 43.6 Å². The molecule has 1 saturated heterocycles. The molecule has 1 aliphatic heterocycles. The maximum absolute atomic E-state index is 13.6.